The number of anilines is 1. The van der Waals surface area contributed by atoms with Crippen molar-refractivity contribution in [2.24, 2.45) is 11.8 Å². The van der Waals surface area contributed by atoms with Crippen molar-refractivity contribution in [2.45, 2.75) is 32.6 Å². The van der Waals surface area contributed by atoms with E-state index in [1.165, 1.54) is 6.07 Å². The van der Waals surface area contributed by atoms with Gasteiger partial charge < -0.3 is 10.6 Å². The highest BCUT2D eigenvalue weighted by Crippen LogP contribution is 2.31. The molecule has 1 saturated carbocycles. The molecule has 6 heteroatoms. The summed E-state index contributed by atoms with van der Waals surface area (Å²) in [5.74, 6) is -1.60. The summed E-state index contributed by atoms with van der Waals surface area (Å²) in [6.07, 6.45) is 4.27. The molecule has 1 aromatic carbocycles. The molecule has 0 heterocycles. The summed E-state index contributed by atoms with van der Waals surface area (Å²) in [6.45, 7) is 1.80. The lowest BCUT2D eigenvalue weighted by molar-refractivity contribution is -0.155. The van der Waals surface area contributed by atoms with Crippen LogP contribution in [0.1, 0.15) is 43.0 Å². The first kappa shape index (κ1) is 15.3. The van der Waals surface area contributed by atoms with Crippen molar-refractivity contribution < 1.29 is 18.8 Å². The summed E-state index contributed by atoms with van der Waals surface area (Å²) in [5.41, 5.74) is 7.68. The Balaban J connectivity index is 1.89. The molecule has 2 rings (SSSR count). The SMILES string of the molecule is C[C@H](C(=O)ONC(=O)c1ccc(F)cc1N)C1CCCC1. The highest BCUT2D eigenvalue weighted by Gasteiger charge is 2.28. The number of rotatable bonds is 3. The third-order valence-corrected chi connectivity index (χ3v) is 3.98. The van der Waals surface area contributed by atoms with Crippen LogP contribution in [-0.4, -0.2) is 11.9 Å². The van der Waals surface area contributed by atoms with E-state index in [2.05, 4.69) is 5.48 Å². The van der Waals surface area contributed by atoms with Crippen LogP contribution in [0.5, 0.6) is 0 Å². The topological polar surface area (TPSA) is 81.4 Å². The number of carbonyl (C=O) groups excluding carboxylic acids is 2. The van der Waals surface area contributed by atoms with E-state index in [4.69, 9.17) is 10.6 Å². The number of hydroxylamine groups is 1. The standard InChI is InChI=1S/C15H19FN2O3/c1-9(10-4-2-3-5-10)15(20)21-18-14(19)12-7-6-11(16)8-13(12)17/h6-10H,2-5,17H2,1H3,(H,18,19)/t9-/m0/s1. The summed E-state index contributed by atoms with van der Waals surface area (Å²) in [6, 6.07) is 3.40. The third kappa shape index (κ3) is 3.71. The quantitative estimate of drug-likeness (QED) is 0.662. The predicted octanol–water partition coefficient (Wildman–Crippen LogP) is 2.42. The molecule has 0 saturated heterocycles. The summed E-state index contributed by atoms with van der Waals surface area (Å²) in [7, 11) is 0. The van der Waals surface area contributed by atoms with Crippen molar-refractivity contribution in [1.82, 2.24) is 5.48 Å². The largest absolute Gasteiger partial charge is 0.398 e. The van der Waals surface area contributed by atoms with E-state index in [-0.39, 0.29) is 17.2 Å². The first-order valence-electron chi connectivity index (χ1n) is 7.05. The molecule has 1 atom stereocenters. The smallest absolute Gasteiger partial charge is 0.335 e. The first-order valence-corrected chi connectivity index (χ1v) is 7.05. The fourth-order valence-corrected chi connectivity index (χ4v) is 2.63. The zero-order valence-corrected chi connectivity index (χ0v) is 11.9. The lowest BCUT2D eigenvalue weighted by atomic mass is 9.93. The summed E-state index contributed by atoms with van der Waals surface area (Å²) >= 11 is 0. The number of hydrogen-bond donors (Lipinski definition) is 2. The molecule has 1 aliphatic rings. The van der Waals surface area contributed by atoms with Crippen molar-refractivity contribution in [3.05, 3.63) is 29.6 Å². The Labute approximate surface area is 122 Å². The molecular formula is C15H19FN2O3. The van der Waals surface area contributed by atoms with Gasteiger partial charge >= 0.3 is 5.97 Å². The molecule has 21 heavy (non-hydrogen) atoms. The maximum atomic E-state index is 12.9. The van der Waals surface area contributed by atoms with Gasteiger partial charge in [-0.25, -0.2) is 9.18 Å². The van der Waals surface area contributed by atoms with E-state index in [9.17, 15) is 14.0 Å². The number of benzene rings is 1. The molecule has 3 N–H and O–H groups in total. The molecule has 0 spiro atoms. The minimum absolute atomic E-state index is 0.00705. The Morgan fingerprint density at radius 1 is 1.38 bits per heavy atom. The number of nitrogens with one attached hydrogen (secondary N) is 1. The summed E-state index contributed by atoms with van der Waals surface area (Å²) < 4.78 is 12.9. The van der Waals surface area contributed by atoms with Crippen LogP contribution in [0.4, 0.5) is 10.1 Å². The van der Waals surface area contributed by atoms with Gasteiger partial charge in [0.2, 0.25) is 0 Å². The van der Waals surface area contributed by atoms with Crippen LogP contribution in [0.3, 0.4) is 0 Å². The van der Waals surface area contributed by atoms with Gasteiger partial charge in [-0.2, -0.15) is 5.48 Å². The number of amides is 1. The second-order valence-electron chi connectivity index (χ2n) is 5.42. The predicted molar refractivity (Wildman–Crippen MR) is 75.5 cm³/mol. The molecule has 0 radical (unpaired) electrons. The monoisotopic (exact) mass is 294 g/mol. The van der Waals surface area contributed by atoms with E-state index in [0.29, 0.717) is 5.92 Å². The van der Waals surface area contributed by atoms with Gasteiger partial charge in [0.15, 0.2) is 0 Å². The molecule has 1 aromatic rings. The van der Waals surface area contributed by atoms with Crippen molar-refractivity contribution in [3.63, 3.8) is 0 Å². The number of halogens is 1. The lowest BCUT2D eigenvalue weighted by Crippen LogP contribution is -2.32. The lowest BCUT2D eigenvalue weighted by Gasteiger charge is -2.17. The van der Waals surface area contributed by atoms with Crippen molar-refractivity contribution in [3.8, 4) is 0 Å². The Hall–Kier alpha value is -2.11. The molecule has 1 fully saturated rings. The van der Waals surface area contributed by atoms with Crippen molar-refractivity contribution >= 4 is 17.6 Å². The average Bonchev–Trinajstić information content (AvgIpc) is 2.97. The van der Waals surface area contributed by atoms with E-state index in [1.54, 1.807) is 6.92 Å². The highest BCUT2D eigenvalue weighted by atomic mass is 19.1. The zero-order valence-electron chi connectivity index (χ0n) is 11.9. The summed E-state index contributed by atoms with van der Waals surface area (Å²) in [5, 5.41) is 0. The molecule has 114 valence electrons. The number of hydrogen-bond acceptors (Lipinski definition) is 4. The third-order valence-electron chi connectivity index (χ3n) is 3.98. The molecule has 1 aliphatic carbocycles. The Bertz CT molecular complexity index is 542. The van der Waals surface area contributed by atoms with Gasteiger partial charge in [0.1, 0.15) is 5.82 Å². The molecule has 0 aromatic heterocycles. The van der Waals surface area contributed by atoms with E-state index in [1.807, 2.05) is 0 Å². The second-order valence-corrected chi connectivity index (χ2v) is 5.42. The van der Waals surface area contributed by atoms with Gasteiger partial charge in [-0.1, -0.05) is 19.8 Å². The Kier molecular flexibility index (Phi) is 4.77. The average molecular weight is 294 g/mol. The first-order chi connectivity index (χ1) is 9.99. The van der Waals surface area contributed by atoms with Crippen LogP contribution in [-0.2, 0) is 9.63 Å². The zero-order chi connectivity index (χ0) is 15.4. The Morgan fingerprint density at radius 3 is 2.67 bits per heavy atom. The van der Waals surface area contributed by atoms with Crippen LogP contribution < -0.4 is 11.2 Å². The van der Waals surface area contributed by atoms with Crippen LogP contribution in [0.15, 0.2) is 18.2 Å². The van der Waals surface area contributed by atoms with Gasteiger partial charge in [-0.3, -0.25) is 4.79 Å². The van der Waals surface area contributed by atoms with Gasteiger partial charge in [0.25, 0.3) is 5.91 Å². The fourth-order valence-electron chi connectivity index (χ4n) is 2.63. The second kappa shape index (κ2) is 6.56. The fraction of sp³-hybridized carbons (Fsp3) is 0.467. The van der Waals surface area contributed by atoms with Gasteiger partial charge in [0.05, 0.1) is 11.5 Å². The minimum Gasteiger partial charge on any atom is -0.398 e. The normalized spacial score (nSPS) is 16.5. The molecule has 5 nitrogen and oxygen atoms in total. The van der Waals surface area contributed by atoms with Crippen LogP contribution >= 0.6 is 0 Å². The van der Waals surface area contributed by atoms with Crippen molar-refractivity contribution in [2.75, 3.05) is 5.73 Å². The molecule has 0 aliphatic heterocycles. The van der Waals surface area contributed by atoms with Gasteiger partial charge in [-0.15, -0.1) is 0 Å². The van der Waals surface area contributed by atoms with Gasteiger partial charge in [-0.05, 0) is 37.0 Å². The number of carbonyl (C=O) groups is 2. The maximum Gasteiger partial charge on any atom is 0.335 e. The number of nitrogen functional groups attached to an aromatic ring is 1. The van der Waals surface area contributed by atoms with E-state index in [0.717, 1.165) is 37.8 Å². The van der Waals surface area contributed by atoms with E-state index < -0.39 is 17.7 Å². The minimum atomic E-state index is -0.667. The molecular weight excluding hydrogens is 275 g/mol. The van der Waals surface area contributed by atoms with Crippen LogP contribution in [0.2, 0.25) is 0 Å². The molecule has 1 amide bonds. The van der Waals surface area contributed by atoms with Crippen molar-refractivity contribution in [1.29, 1.82) is 0 Å². The van der Waals surface area contributed by atoms with Gasteiger partial charge in [0, 0.05) is 5.69 Å². The maximum absolute atomic E-state index is 12.9. The van der Waals surface area contributed by atoms with Crippen LogP contribution in [0.25, 0.3) is 0 Å². The summed E-state index contributed by atoms with van der Waals surface area (Å²) in [4.78, 5) is 28.5. The molecule has 0 bridgehead atoms. The number of nitrogens with two attached hydrogens (primary N) is 1. The van der Waals surface area contributed by atoms with E-state index >= 15 is 0 Å². The van der Waals surface area contributed by atoms with Crippen LogP contribution in [0, 0.1) is 17.7 Å². The molecule has 0 unspecified atom stereocenters. The Morgan fingerprint density at radius 2 is 2.05 bits per heavy atom. The highest BCUT2D eigenvalue weighted by molar-refractivity contribution is 5.99.